The summed E-state index contributed by atoms with van der Waals surface area (Å²) in [6.07, 6.45) is 2.27. The van der Waals surface area contributed by atoms with Crippen LogP contribution >= 0.6 is 0 Å². The van der Waals surface area contributed by atoms with Crippen LogP contribution in [0, 0.1) is 0 Å². The highest BCUT2D eigenvalue weighted by molar-refractivity contribution is 5.89. The number of benzene rings is 1. The van der Waals surface area contributed by atoms with E-state index in [2.05, 4.69) is 20.0 Å². The van der Waals surface area contributed by atoms with Crippen LogP contribution in [0.15, 0.2) is 47.7 Å². The topological polar surface area (TPSA) is 107 Å². The monoisotopic (exact) mass is 436 g/mol. The highest BCUT2D eigenvalue weighted by atomic mass is 16.5. The number of methoxy groups -OCH3 is 1. The summed E-state index contributed by atoms with van der Waals surface area (Å²) in [5, 5.41) is 15.6. The number of aromatic nitrogens is 5. The molecule has 32 heavy (non-hydrogen) atoms. The molecule has 166 valence electrons. The van der Waals surface area contributed by atoms with Gasteiger partial charge in [0.15, 0.2) is 5.65 Å². The van der Waals surface area contributed by atoms with Crippen LogP contribution < -0.4 is 10.4 Å². The van der Waals surface area contributed by atoms with Crippen LogP contribution in [0.25, 0.3) is 16.7 Å². The predicted octanol–water partition coefficient (Wildman–Crippen LogP) is 0.862. The second kappa shape index (κ2) is 8.65. The van der Waals surface area contributed by atoms with Crippen LogP contribution in [-0.2, 0) is 11.3 Å². The van der Waals surface area contributed by atoms with Crippen molar-refractivity contribution in [3.05, 3.63) is 64.5 Å². The first kappa shape index (κ1) is 20.6. The minimum atomic E-state index is -0.713. The second-order valence-corrected chi connectivity index (χ2v) is 7.78. The van der Waals surface area contributed by atoms with Crippen LogP contribution in [0.3, 0.4) is 0 Å². The first-order valence-corrected chi connectivity index (χ1v) is 10.5. The minimum absolute atomic E-state index is 0.317. The molecule has 0 amide bonds. The van der Waals surface area contributed by atoms with E-state index in [0.717, 1.165) is 24.4 Å². The van der Waals surface area contributed by atoms with Gasteiger partial charge in [-0.05, 0) is 23.8 Å². The molecule has 10 nitrogen and oxygen atoms in total. The Bertz CT molecular complexity index is 1290. The van der Waals surface area contributed by atoms with Gasteiger partial charge in [-0.15, -0.1) is 0 Å². The molecule has 1 saturated heterocycles. The SMILES string of the molecule is COc1ccc(Cn2c(=O)n3ncnc3c3cc([C@@H](O)CN4CCOCC4)cnc32)cc1. The zero-order chi connectivity index (χ0) is 22.1. The Morgan fingerprint density at radius 3 is 2.69 bits per heavy atom. The molecule has 0 aliphatic carbocycles. The number of aliphatic hydroxyl groups excluding tert-OH is 1. The van der Waals surface area contributed by atoms with Crippen molar-refractivity contribution in [3.63, 3.8) is 0 Å². The normalized spacial score (nSPS) is 15.9. The van der Waals surface area contributed by atoms with Crippen molar-refractivity contribution in [1.29, 1.82) is 0 Å². The number of ether oxygens (including phenoxy) is 2. The number of hydrogen-bond donors (Lipinski definition) is 1. The number of morpholine rings is 1. The third-order valence-corrected chi connectivity index (χ3v) is 5.76. The van der Waals surface area contributed by atoms with Gasteiger partial charge in [0.25, 0.3) is 0 Å². The van der Waals surface area contributed by atoms with Crippen LogP contribution in [-0.4, -0.2) is 74.1 Å². The molecule has 0 radical (unpaired) electrons. The van der Waals surface area contributed by atoms with E-state index in [1.54, 1.807) is 17.9 Å². The van der Waals surface area contributed by atoms with E-state index in [4.69, 9.17) is 9.47 Å². The predicted molar refractivity (Wildman–Crippen MR) is 117 cm³/mol. The average molecular weight is 436 g/mol. The van der Waals surface area contributed by atoms with Crippen LogP contribution in [0.1, 0.15) is 17.2 Å². The number of fused-ring (bicyclic) bond motifs is 3. The quantitative estimate of drug-likeness (QED) is 0.474. The molecule has 1 fully saturated rings. The van der Waals surface area contributed by atoms with Crippen molar-refractivity contribution in [2.75, 3.05) is 40.0 Å². The maximum absolute atomic E-state index is 13.1. The molecule has 3 aromatic heterocycles. The van der Waals surface area contributed by atoms with Gasteiger partial charge in [-0.3, -0.25) is 9.47 Å². The summed E-state index contributed by atoms with van der Waals surface area (Å²) in [4.78, 5) is 24.1. The van der Waals surface area contributed by atoms with E-state index in [1.807, 2.05) is 30.3 Å². The van der Waals surface area contributed by atoms with E-state index in [1.165, 1.54) is 10.8 Å². The first-order valence-electron chi connectivity index (χ1n) is 10.5. The van der Waals surface area contributed by atoms with Gasteiger partial charge in [0, 0.05) is 31.4 Å². The molecule has 0 saturated carbocycles. The molecule has 0 spiro atoms. The molecule has 4 heterocycles. The molecule has 0 unspecified atom stereocenters. The summed E-state index contributed by atoms with van der Waals surface area (Å²) in [7, 11) is 1.61. The third-order valence-electron chi connectivity index (χ3n) is 5.76. The van der Waals surface area contributed by atoms with Gasteiger partial charge in [0.05, 0.1) is 38.4 Å². The van der Waals surface area contributed by atoms with E-state index in [0.29, 0.717) is 48.5 Å². The number of pyridine rings is 1. The lowest BCUT2D eigenvalue weighted by atomic mass is 10.1. The van der Waals surface area contributed by atoms with Gasteiger partial charge in [-0.1, -0.05) is 12.1 Å². The summed E-state index contributed by atoms with van der Waals surface area (Å²) in [6, 6.07) is 9.36. The molecule has 1 aliphatic rings. The van der Waals surface area contributed by atoms with Crippen molar-refractivity contribution in [1.82, 2.24) is 29.0 Å². The zero-order valence-corrected chi connectivity index (χ0v) is 17.7. The van der Waals surface area contributed by atoms with E-state index in [-0.39, 0.29) is 5.69 Å². The van der Waals surface area contributed by atoms with Crippen LogP contribution in [0.2, 0.25) is 0 Å². The first-order chi connectivity index (χ1) is 15.6. The fraction of sp³-hybridized carbons (Fsp3) is 0.364. The summed E-state index contributed by atoms with van der Waals surface area (Å²) in [5.74, 6) is 0.745. The van der Waals surface area contributed by atoms with E-state index < -0.39 is 6.10 Å². The Hall–Kier alpha value is -3.34. The van der Waals surface area contributed by atoms with Gasteiger partial charge < -0.3 is 14.6 Å². The van der Waals surface area contributed by atoms with Gasteiger partial charge in [0.2, 0.25) is 0 Å². The Labute approximate surface area is 183 Å². The molecular formula is C22H24N6O4. The number of rotatable bonds is 6. The summed E-state index contributed by atoms with van der Waals surface area (Å²) in [5.41, 5.74) is 2.18. The number of aliphatic hydroxyl groups is 1. The van der Waals surface area contributed by atoms with Gasteiger partial charge >= 0.3 is 5.69 Å². The van der Waals surface area contributed by atoms with Crippen molar-refractivity contribution < 1.29 is 14.6 Å². The van der Waals surface area contributed by atoms with Gasteiger partial charge in [0.1, 0.15) is 17.7 Å². The molecule has 1 N–H and O–H groups in total. The summed E-state index contributed by atoms with van der Waals surface area (Å²) in [6.45, 7) is 3.71. The number of β-amino-alcohol motifs (C(OH)–C–C–N with tert-alkyl or cyclic N) is 1. The largest absolute Gasteiger partial charge is 0.497 e. The number of hydrogen-bond acceptors (Lipinski definition) is 8. The smallest absolute Gasteiger partial charge is 0.352 e. The Balaban J connectivity index is 1.54. The minimum Gasteiger partial charge on any atom is -0.497 e. The Morgan fingerprint density at radius 2 is 1.94 bits per heavy atom. The Kier molecular flexibility index (Phi) is 5.56. The molecule has 0 bridgehead atoms. The molecule has 1 aromatic carbocycles. The fourth-order valence-electron chi connectivity index (χ4n) is 4.00. The van der Waals surface area contributed by atoms with Gasteiger partial charge in [-0.25, -0.2) is 14.8 Å². The Morgan fingerprint density at radius 1 is 1.16 bits per heavy atom. The van der Waals surface area contributed by atoms with Crippen molar-refractivity contribution >= 4 is 16.7 Å². The average Bonchev–Trinajstić information content (AvgIpc) is 3.33. The second-order valence-electron chi connectivity index (χ2n) is 7.78. The van der Waals surface area contributed by atoms with E-state index in [9.17, 15) is 9.90 Å². The molecule has 1 atom stereocenters. The molecule has 10 heteroatoms. The maximum Gasteiger partial charge on any atom is 0.352 e. The molecule has 1 aliphatic heterocycles. The molecular weight excluding hydrogens is 412 g/mol. The lowest BCUT2D eigenvalue weighted by molar-refractivity contribution is 0.0143. The zero-order valence-electron chi connectivity index (χ0n) is 17.7. The molecule has 5 rings (SSSR count). The van der Waals surface area contributed by atoms with E-state index >= 15 is 0 Å². The molecule has 4 aromatic rings. The van der Waals surface area contributed by atoms with Gasteiger partial charge in [-0.2, -0.15) is 9.61 Å². The van der Waals surface area contributed by atoms with Crippen molar-refractivity contribution in [2.24, 2.45) is 0 Å². The maximum atomic E-state index is 13.1. The highest BCUT2D eigenvalue weighted by Gasteiger charge is 2.20. The highest BCUT2D eigenvalue weighted by Crippen LogP contribution is 2.22. The van der Waals surface area contributed by atoms with Crippen LogP contribution in [0.4, 0.5) is 0 Å². The standard InChI is InChI=1S/C22H24N6O4/c1-31-17-4-2-15(3-5-17)12-27-20-18(21-24-14-25-28(21)22(27)30)10-16(11-23-20)19(29)13-26-6-8-32-9-7-26/h2-5,10-11,14,19,29H,6-9,12-13H2,1H3/t19-/m0/s1. The van der Waals surface area contributed by atoms with Crippen LogP contribution in [0.5, 0.6) is 5.75 Å². The summed E-state index contributed by atoms with van der Waals surface area (Å²) >= 11 is 0. The summed E-state index contributed by atoms with van der Waals surface area (Å²) < 4.78 is 13.4. The van der Waals surface area contributed by atoms with Crippen molar-refractivity contribution in [2.45, 2.75) is 12.6 Å². The number of nitrogens with zero attached hydrogens (tertiary/aromatic N) is 6. The lowest BCUT2D eigenvalue weighted by Gasteiger charge is -2.28. The van der Waals surface area contributed by atoms with Crippen molar-refractivity contribution in [3.8, 4) is 5.75 Å². The lowest BCUT2D eigenvalue weighted by Crippen LogP contribution is -2.38. The third kappa shape index (κ3) is 3.83. The fourth-order valence-corrected chi connectivity index (χ4v) is 4.00.